The summed E-state index contributed by atoms with van der Waals surface area (Å²) in [5, 5.41) is 1.04. The predicted octanol–water partition coefficient (Wildman–Crippen LogP) is 4.69. The van der Waals surface area contributed by atoms with Crippen LogP contribution in [-0.2, 0) is 11.3 Å². The number of hydrogen-bond acceptors (Lipinski definition) is 2. The van der Waals surface area contributed by atoms with Crippen LogP contribution < -0.4 is 10.6 Å². The number of hydrogen-bond donors (Lipinski definition) is 1. The third-order valence-electron chi connectivity index (χ3n) is 4.43. The van der Waals surface area contributed by atoms with Gasteiger partial charge in [0.15, 0.2) is 0 Å². The minimum Gasteiger partial charge on any atom is -0.370 e. The minimum absolute atomic E-state index is 0.0603. The zero-order valence-corrected chi connectivity index (χ0v) is 17.5. The standard InChI is InChI=1S/C19H18BrCl2N3O2/c20-14-2-5-16(6-3-14)25-10-12(7-18(23)26)9-24(19(25)27)11-13-1-4-15(21)8-17(13)22/h1-6,8,12H,7,9-11H2,(H2,23,26). The highest BCUT2D eigenvalue weighted by molar-refractivity contribution is 9.10. The number of rotatable bonds is 5. The Morgan fingerprint density at radius 3 is 2.48 bits per heavy atom. The van der Waals surface area contributed by atoms with Crippen LogP contribution in [0.25, 0.3) is 0 Å². The fraction of sp³-hybridized carbons (Fsp3) is 0.263. The molecule has 0 saturated carbocycles. The zero-order valence-electron chi connectivity index (χ0n) is 14.4. The van der Waals surface area contributed by atoms with E-state index in [2.05, 4.69) is 15.9 Å². The van der Waals surface area contributed by atoms with E-state index in [0.717, 1.165) is 15.7 Å². The maximum absolute atomic E-state index is 13.1. The topological polar surface area (TPSA) is 66.6 Å². The summed E-state index contributed by atoms with van der Waals surface area (Å²) in [7, 11) is 0. The Morgan fingerprint density at radius 2 is 1.85 bits per heavy atom. The quantitative estimate of drug-likeness (QED) is 0.688. The molecular formula is C19H18BrCl2N3O2. The number of carbonyl (C=O) groups is 2. The molecule has 1 aliphatic heterocycles. The van der Waals surface area contributed by atoms with Crippen molar-refractivity contribution in [3.8, 4) is 0 Å². The van der Waals surface area contributed by atoms with Crippen molar-refractivity contribution in [3.63, 3.8) is 0 Å². The second kappa shape index (κ2) is 8.50. The van der Waals surface area contributed by atoms with Gasteiger partial charge in [0.2, 0.25) is 5.91 Å². The van der Waals surface area contributed by atoms with E-state index in [-0.39, 0.29) is 24.3 Å². The normalized spacial score (nSPS) is 17.3. The van der Waals surface area contributed by atoms with Crippen molar-refractivity contribution in [2.24, 2.45) is 11.7 Å². The Bertz CT molecular complexity index is 861. The summed E-state index contributed by atoms with van der Waals surface area (Å²) in [4.78, 5) is 27.9. The van der Waals surface area contributed by atoms with Crippen LogP contribution in [0, 0.1) is 5.92 Å². The Labute approximate surface area is 176 Å². The van der Waals surface area contributed by atoms with Gasteiger partial charge in [0.1, 0.15) is 0 Å². The molecule has 2 N–H and O–H groups in total. The molecule has 2 aromatic rings. The smallest absolute Gasteiger partial charge is 0.324 e. The number of benzene rings is 2. The number of primary amides is 1. The maximum atomic E-state index is 13.1. The number of nitrogens with two attached hydrogens (primary N) is 1. The monoisotopic (exact) mass is 469 g/mol. The Hall–Kier alpha value is -1.76. The second-order valence-corrected chi connectivity index (χ2v) is 8.28. The third kappa shape index (κ3) is 4.94. The van der Waals surface area contributed by atoms with Gasteiger partial charge in [-0.3, -0.25) is 9.69 Å². The molecule has 27 heavy (non-hydrogen) atoms. The highest BCUT2D eigenvalue weighted by Crippen LogP contribution is 2.28. The molecule has 1 saturated heterocycles. The SMILES string of the molecule is NC(=O)CC1CN(Cc2ccc(Cl)cc2Cl)C(=O)N(c2ccc(Br)cc2)C1. The Kier molecular flexibility index (Phi) is 6.29. The van der Waals surface area contributed by atoms with E-state index in [1.807, 2.05) is 24.3 Å². The summed E-state index contributed by atoms with van der Waals surface area (Å²) in [6.07, 6.45) is 0.213. The molecule has 3 rings (SSSR count). The van der Waals surface area contributed by atoms with Crippen LogP contribution in [0.5, 0.6) is 0 Å². The number of carbonyl (C=O) groups excluding carboxylic acids is 2. The van der Waals surface area contributed by atoms with E-state index in [1.54, 1.807) is 28.0 Å². The first-order chi connectivity index (χ1) is 12.8. The zero-order chi connectivity index (χ0) is 19.6. The van der Waals surface area contributed by atoms with E-state index in [9.17, 15) is 9.59 Å². The molecule has 1 aliphatic rings. The molecule has 1 atom stereocenters. The van der Waals surface area contributed by atoms with Crippen molar-refractivity contribution in [2.75, 3.05) is 18.0 Å². The lowest BCUT2D eigenvalue weighted by atomic mass is 10.0. The van der Waals surface area contributed by atoms with E-state index < -0.39 is 0 Å². The molecule has 3 amide bonds. The third-order valence-corrected chi connectivity index (χ3v) is 5.54. The average molecular weight is 471 g/mol. The van der Waals surface area contributed by atoms with E-state index in [4.69, 9.17) is 28.9 Å². The summed E-state index contributed by atoms with van der Waals surface area (Å²) >= 11 is 15.6. The van der Waals surface area contributed by atoms with Gasteiger partial charge in [0, 0.05) is 52.2 Å². The predicted molar refractivity (Wildman–Crippen MR) is 111 cm³/mol. The van der Waals surface area contributed by atoms with E-state index in [1.165, 1.54) is 0 Å². The van der Waals surface area contributed by atoms with Crippen molar-refractivity contribution < 1.29 is 9.59 Å². The first-order valence-electron chi connectivity index (χ1n) is 8.37. The van der Waals surface area contributed by atoms with Crippen LogP contribution in [0.1, 0.15) is 12.0 Å². The number of nitrogens with zero attached hydrogens (tertiary/aromatic N) is 2. The van der Waals surface area contributed by atoms with Crippen LogP contribution in [0.15, 0.2) is 46.9 Å². The van der Waals surface area contributed by atoms with Crippen LogP contribution in [-0.4, -0.2) is 29.9 Å². The highest BCUT2D eigenvalue weighted by Gasteiger charge is 2.33. The van der Waals surface area contributed by atoms with Crippen molar-refractivity contribution >= 4 is 56.8 Å². The lowest BCUT2D eigenvalue weighted by molar-refractivity contribution is -0.119. The maximum Gasteiger partial charge on any atom is 0.324 e. The van der Waals surface area contributed by atoms with Gasteiger partial charge in [0.25, 0.3) is 0 Å². The first-order valence-corrected chi connectivity index (χ1v) is 9.92. The minimum atomic E-state index is -0.380. The van der Waals surface area contributed by atoms with Crippen LogP contribution in [0.2, 0.25) is 10.0 Å². The van der Waals surface area contributed by atoms with Gasteiger partial charge in [-0.25, -0.2) is 4.79 Å². The van der Waals surface area contributed by atoms with Gasteiger partial charge in [-0.1, -0.05) is 45.2 Å². The molecule has 0 aromatic heterocycles. The number of halogens is 3. The lowest BCUT2D eigenvalue weighted by Gasteiger charge is -2.40. The van der Waals surface area contributed by atoms with Gasteiger partial charge in [-0.15, -0.1) is 0 Å². The fourth-order valence-corrected chi connectivity index (χ4v) is 3.93. The van der Waals surface area contributed by atoms with Gasteiger partial charge in [0.05, 0.1) is 0 Å². The molecular weight excluding hydrogens is 453 g/mol. The van der Waals surface area contributed by atoms with Crippen molar-refractivity contribution in [3.05, 3.63) is 62.5 Å². The molecule has 0 radical (unpaired) electrons. The van der Waals surface area contributed by atoms with Crippen molar-refractivity contribution in [1.29, 1.82) is 0 Å². The molecule has 5 nitrogen and oxygen atoms in total. The highest BCUT2D eigenvalue weighted by atomic mass is 79.9. The largest absolute Gasteiger partial charge is 0.370 e. The molecule has 8 heteroatoms. The first kappa shape index (κ1) is 20.0. The Balaban J connectivity index is 1.87. The van der Waals surface area contributed by atoms with Gasteiger partial charge >= 0.3 is 6.03 Å². The van der Waals surface area contributed by atoms with Crippen molar-refractivity contribution in [1.82, 2.24) is 4.90 Å². The summed E-state index contributed by atoms with van der Waals surface area (Å²) in [6.45, 7) is 1.21. The van der Waals surface area contributed by atoms with E-state index in [0.29, 0.717) is 29.7 Å². The summed E-state index contributed by atoms with van der Waals surface area (Å²) < 4.78 is 0.925. The fourth-order valence-electron chi connectivity index (χ4n) is 3.19. The summed E-state index contributed by atoms with van der Waals surface area (Å²) in [5.41, 5.74) is 6.96. The number of amides is 3. The lowest BCUT2D eigenvalue weighted by Crippen LogP contribution is -2.53. The van der Waals surface area contributed by atoms with Crippen LogP contribution >= 0.6 is 39.1 Å². The molecule has 0 aliphatic carbocycles. The summed E-state index contributed by atoms with van der Waals surface area (Å²) in [6, 6.07) is 12.5. The number of anilines is 1. The van der Waals surface area contributed by atoms with Gasteiger partial charge < -0.3 is 10.6 Å². The van der Waals surface area contributed by atoms with E-state index >= 15 is 0 Å². The summed E-state index contributed by atoms with van der Waals surface area (Å²) in [5.74, 6) is -0.440. The Morgan fingerprint density at radius 1 is 1.15 bits per heavy atom. The number of urea groups is 1. The van der Waals surface area contributed by atoms with Crippen LogP contribution in [0.3, 0.4) is 0 Å². The molecule has 1 unspecified atom stereocenters. The second-order valence-electron chi connectivity index (χ2n) is 6.52. The molecule has 1 heterocycles. The van der Waals surface area contributed by atoms with Crippen molar-refractivity contribution in [2.45, 2.75) is 13.0 Å². The van der Waals surface area contributed by atoms with Gasteiger partial charge in [-0.2, -0.15) is 0 Å². The molecule has 2 aromatic carbocycles. The molecule has 0 bridgehead atoms. The molecule has 1 fully saturated rings. The molecule has 0 spiro atoms. The molecule has 142 valence electrons. The van der Waals surface area contributed by atoms with Crippen LogP contribution in [0.4, 0.5) is 10.5 Å². The average Bonchev–Trinajstić information content (AvgIpc) is 2.60. The van der Waals surface area contributed by atoms with Gasteiger partial charge in [-0.05, 0) is 42.0 Å².